The first-order chi connectivity index (χ1) is 13.4. The zero-order chi connectivity index (χ0) is 20.1. The van der Waals surface area contributed by atoms with E-state index in [1.807, 2.05) is 0 Å². The van der Waals surface area contributed by atoms with Gasteiger partial charge in [0.2, 0.25) is 0 Å². The van der Waals surface area contributed by atoms with Gasteiger partial charge in [0.1, 0.15) is 11.5 Å². The molecule has 28 heavy (non-hydrogen) atoms. The van der Waals surface area contributed by atoms with Gasteiger partial charge in [-0.1, -0.05) is 30.3 Å². The second-order valence-electron chi connectivity index (χ2n) is 5.80. The van der Waals surface area contributed by atoms with Crippen LogP contribution < -0.4 is 14.8 Å². The van der Waals surface area contributed by atoms with Gasteiger partial charge in [-0.3, -0.25) is 9.52 Å². The molecule has 8 heteroatoms. The predicted molar refractivity (Wildman–Crippen MR) is 106 cm³/mol. The van der Waals surface area contributed by atoms with Gasteiger partial charge in [-0.25, -0.2) is 8.42 Å². The van der Waals surface area contributed by atoms with E-state index in [1.165, 1.54) is 25.3 Å². The highest BCUT2D eigenvalue weighted by Gasteiger charge is 2.19. The van der Waals surface area contributed by atoms with Crippen LogP contribution in [0.25, 0.3) is 0 Å². The quantitative estimate of drug-likeness (QED) is 0.552. The van der Waals surface area contributed by atoms with Crippen molar-refractivity contribution in [3.63, 3.8) is 0 Å². The predicted octanol–water partition coefficient (Wildman–Crippen LogP) is 3.45. The van der Waals surface area contributed by atoms with Crippen molar-refractivity contribution in [2.45, 2.75) is 4.90 Å². The highest BCUT2D eigenvalue weighted by atomic mass is 32.2. The average molecular weight is 398 g/mol. The Bertz CT molecular complexity index is 1100. The normalized spacial score (nSPS) is 10.9. The summed E-state index contributed by atoms with van der Waals surface area (Å²) in [5, 5.41) is 12.5. The molecule has 0 bridgehead atoms. The van der Waals surface area contributed by atoms with E-state index >= 15 is 0 Å². The Hall–Kier alpha value is -3.52. The monoisotopic (exact) mass is 398 g/mol. The molecule has 144 valence electrons. The first-order valence-electron chi connectivity index (χ1n) is 8.26. The van der Waals surface area contributed by atoms with E-state index < -0.39 is 15.9 Å². The summed E-state index contributed by atoms with van der Waals surface area (Å²) in [5.74, 6) is -0.355. The van der Waals surface area contributed by atoms with Gasteiger partial charge in [0.25, 0.3) is 15.9 Å². The maximum absolute atomic E-state index is 12.7. The maximum atomic E-state index is 12.7. The summed E-state index contributed by atoms with van der Waals surface area (Å²) in [4.78, 5) is 12.2. The molecule has 0 spiro atoms. The summed E-state index contributed by atoms with van der Waals surface area (Å²) >= 11 is 0. The minimum absolute atomic E-state index is 0.0169. The molecule has 0 aliphatic carbocycles. The van der Waals surface area contributed by atoms with Crippen LogP contribution in [0.15, 0.2) is 77.7 Å². The summed E-state index contributed by atoms with van der Waals surface area (Å²) in [6.07, 6.45) is 0. The number of para-hydroxylation sites is 2. The van der Waals surface area contributed by atoms with Gasteiger partial charge in [-0.15, -0.1) is 0 Å². The molecule has 0 aliphatic heterocycles. The van der Waals surface area contributed by atoms with E-state index in [2.05, 4.69) is 10.0 Å². The van der Waals surface area contributed by atoms with E-state index in [0.29, 0.717) is 11.3 Å². The van der Waals surface area contributed by atoms with Crippen molar-refractivity contribution >= 4 is 27.3 Å². The number of rotatable bonds is 6. The van der Waals surface area contributed by atoms with Gasteiger partial charge < -0.3 is 15.2 Å². The molecule has 0 unspecified atom stereocenters. The van der Waals surface area contributed by atoms with Gasteiger partial charge in [0, 0.05) is 5.56 Å². The van der Waals surface area contributed by atoms with Crippen LogP contribution in [0.2, 0.25) is 0 Å². The Morgan fingerprint density at radius 3 is 2.32 bits per heavy atom. The van der Waals surface area contributed by atoms with E-state index in [1.54, 1.807) is 54.6 Å². The number of ether oxygens (including phenoxy) is 1. The number of methoxy groups -OCH3 is 1. The summed E-state index contributed by atoms with van der Waals surface area (Å²) in [7, 11) is -2.54. The fourth-order valence-corrected chi connectivity index (χ4v) is 3.60. The number of carbonyl (C=O) groups is 1. The summed E-state index contributed by atoms with van der Waals surface area (Å²) in [6, 6.07) is 18.6. The summed E-state index contributed by atoms with van der Waals surface area (Å²) in [5.41, 5.74) is 0.631. The Labute approximate surface area is 162 Å². The Morgan fingerprint density at radius 2 is 1.61 bits per heavy atom. The SMILES string of the molecule is COc1ccccc1NS(=O)(=O)c1ccc(O)c(NC(=O)c2ccccc2)c1. The summed E-state index contributed by atoms with van der Waals surface area (Å²) in [6.45, 7) is 0. The number of benzene rings is 3. The Kier molecular flexibility index (Phi) is 5.51. The van der Waals surface area contributed by atoms with Crippen LogP contribution in [0.1, 0.15) is 10.4 Å². The van der Waals surface area contributed by atoms with Crippen molar-refractivity contribution in [3.05, 3.63) is 78.4 Å². The second-order valence-corrected chi connectivity index (χ2v) is 7.49. The molecule has 0 aliphatic rings. The smallest absolute Gasteiger partial charge is 0.262 e. The molecule has 0 aromatic heterocycles. The van der Waals surface area contributed by atoms with Crippen molar-refractivity contribution < 1.29 is 23.1 Å². The van der Waals surface area contributed by atoms with Crippen LogP contribution in [0.4, 0.5) is 11.4 Å². The number of hydrogen-bond acceptors (Lipinski definition) is 5. The van der Waals surface area contributed by atoms with Crippen molar-refractivity contribution in [2.24, 2.45) is 0 Å². The molecule has 3 aromatic carbocycles. The van der Waals surface area contributed by atoms with E-state index in [-0.39, 0.29) is 22.0 Å². The van der Waals surface area contributed by atoms with Crippen molar-refractivity contribution in [1.29, 1.82) is 0 Å². The van der Waals surface area contributed by atoms with Crippen molar-refractivity contribution in [3.8, 4) is 11.5 Å². The Balaban J connectivity index is 1.88. The van der Waals surface area contributed by atoms with Crippen molar-refractivity contribution in [1.82, 2.24) is 0 Å². The molecule has 0 saturated heterocycles. The van der Waals surface area contributed by atoms with Gasteiger partial charge in [-0.2, -0.15) is 0 Å². The third-order valence-corrected chi connectivity index (χ3v) is 5.28. The molecule has 1 amide bonds. The maximum Gasteiger partial charge on any atom is 0.262 e. The molecule has 0 atom stereocenters. The average Bonchev–Trinajstić information content (AvgIpc) is 2.70. The number of nitrogens with one attached hydrogen (secondary N) is 2. The molecular formula is C20H18N2O5S. The van der Waals surface area contributed by atoms with Crippen LogP contribution in [0.3, 0.4) is 0 Å². The summed E-state index contributed by atoms with van der Waals surface area (Å²) < 4.78 is 33.0. The van der Waals surface area contributed by atoms with Crippen LogP contribution >= 0.6 is 0 Å². The number of amides is 1. The van der Waals surface area contributed by atoms with Crippen LogP contribution in [-0.4, -0.2) is 26.5 Å². The molecule has 3 aromatic rings. The third-order valence-electron chi connectivity index (χ3n) is 3.91. The standard InChI is InChI=1S/C20H18N2O5S/c1-27-19-10-6-5-9-16(19)22-28(25,26)15-11-12-18(23)17(13-15)21-20(24)14-7-3-2-4-8-14/h2-13,22-23H,1H3,(H,21,24). The zero-order valence-electron chi connectivity index (χ0n) is 14.9. The van der Waals surface area contributed by atoms with E-state index in [4.69, 9.17) is 4.74 Å². The lowest BCUT2D eigenvalue weighted by Gasteiger charge is -2.13. The number of anilines is 2. The van der Waals surface area contributed by atoms with E-state index in [0.717, 1.165) is 0 Å². The molecule has 0 heterocycles. The lowest BCUT2D eigenvalue weighted by atomic mass is 10.2. The molecular weight excluding hydrogens is 380 g/mol. The molecule has 0 fully saturated rings. The minimum Gasteiger partial charge on any atom is -0.506 e. The molecule has 7 nitrogen and oxygen atoms in total. The van der Waals surface area contributed by atoms with E-state index in [9.17, 15) is 18.3 Å². The second kappa shape index (κ2) is 8.01. The molecule has 3 N–H and O–H groups in total. The number of hydrogen-bond donors (Lipinski definition) is 3. The lowest BCUT2D eigenvalue weighted by Crippen LogP contribution is -2.15. The number of sulfonamides is 1. The van der Waals surface area contributed by atoms with Gasteiger partial charge in [-0.05, 0) is 42.5 Å². The van der Waals surface area contributed by atoms with Gasteiger partial charge in [0.15, 0.2) is 0 Å². The highest BCUT2D eigenvalue weighted by molar-refractivity contribution is 7.92. The number of carbonyl (C=O) groups excluding carboxylic acids is 1. The lowest BCUT2D eigenvalue weighted by molar-refractivity contribution is 0.102. The highest BCUT2D eigenvalue weighted by Crippen LogP contribution is 2.30. The largest absolute Gasteiger partial charge is 0.506 e. The fraction of sp³-hybridized carbons (Fsp3) is 0.0500. The van der Waals surface area contributed by atoms with Crippen LogP contribution in [0, 0.1) is 0 Å². The fourth-order valence-electron chi connectivity index (χ4n) is 2.50. The molecule has 0 radical (unpaired) electrons. The first-order valence-corrected chi connectivity index (χ1v) is 9.74. The first kappa shape index (κ1) is 19.2. The minimum atomic E-state index is -3.98. The van der Waals surface area contributed by atoms with Crippen LogP contribution in [-0.2, 0) is 10.0 Å². The molecule has 3 rings (SSSR count). The topological polar surface area (TPSA) is 105 Å². The molecule has 0 saturated carbocycles. The number of aromatic hydroxyl groups is 1. The van der Waals surface area contributed by atoms with Gasteiger partial charge in [0.05, 0.1) is 23.4 Å². The number of phenols is 1. The third kappa shape index (κ3) is 4.24. The Morgan fingerprint density at radius 1 is 0.929 bits per heavy atom. The zero-order valence-corrected chi connectivity index (χ0v) is 15.7. The van der Waals surface area contributed by atoms with Crippen LogP contribution in [0.5, 0.6) is 11.5 Å². The van der Waals surface area contributed by atoms with Crippen molar-refractivity contribution in [2.75, 3.05) is 17.1 Å². The van der Waals surface area contributed by atoms with Gasteiger partial charge >= 0.3 is 0 Å². The number of phenolic OH excluding ortho intramolecular Hbond substituents is 1.